The van der Waals surface area contributed by atoms with Crippen LogP contribution < -0.4 is 4.90 Å². The minimum absolute atomic E-state index is 1.12. The summed E-state index contributed by atoms with van der Waals surface area (Å²) >= 11 is 0. The van der Waals surface area contributed by atoms with E-state index in [0.717, 1.165) is 17.1 Å². The van der Waals surface area contributed by atoms with E-state index in [2.05, 4.69) is 240 Å². The van der Waals surface area contributed by atoms with Gasteiger partial charge in [-0.25, -0.2) is 0 Å². The molecule has 12 rings (SSSR count). The number of hydrogen-bond donors (Lipinski definition) is 0. The van der Waals surface area contributed by atoms with Crippen molar-refractivity contribution in [3.63, 3.8) is 0 Å². The van der Waals surface area contributed by atoms with Crippen molar-refractivity contribution in [2.75, 3.05) is 4.90 Å². The van der Waals surface area contributed by atoms with Crippen LogP contribution in [-0.4, -0.2) is 4.57 Å². The summed E-state index contributed by atoms with van der Waals surface area (Å²) in [5, 5.41) is 4.98. The van der Waals surface area contributed by atoms with Crippen LogP contribution in [0.4, 0.5) is 17.1 Å². The lowest BCUT2D eigenvalue weighted by Gasteiger charge is -2.34. The van der Waals surface area contributed by atoms with Gasteiger partial charge >= 0.3 is 0 Å². The molecule has 60 heavy (non-hydrogen) atoms. The minimum atomic E-state index is 1.12. The monoisotopic (exact) mass is 762 g/mol. The molecule has 0 saturated carbocycles. The van der Waals surface area contributed by atoms with E-state index < -0.39 is 0 Å². The number of aromatic nitrogens is 1. The Balaban J connectivity index is 1.14. The zero-order valence-corrected chi connectivity index (χ0v) is 32.8. The fourth-order valence-corrected chi connectivity index (χ4v) is 9.49. The molecule has 0 aliphatic carbocycles. The maximum atomic E-state index is 2.49. The highest BCUT2D eigenvalue weighted by Gasteiger charge is 2.29. The van der Waals surface area contributed by atoms with Crippen LogP contribution in [0.3, 0.4) is 0 Å². The number of anilines is 3. The number of hydrogen-bond acceptors (Lipinski definition) is 1. The fraction of sp³-hybridized carbons (Fsp3) is 0. The van der Waals surface area contributed by atoms with Crippen LogP contribution in [0.15, 0.2) is 231 Å². The Morgan fingerprint density at radius 1 is 0.250 bits per heavy atom. The summed E-state index contributed by atoms with van der Waals surface area (Å²) in [5.74, 6) is 0. The highest BCUT2D eigenvalue weighted by Crippen LogP contribution is 2.54. The summed E-state index contributed by atoms with van der Waals surface area (Å²) in [4.78, 5) is 2.49. The van der Waals surface area contributed by atoms with Crippen LogP contribution in [0.1, 0.15) is 0 Å². The fourth-order valence-electron chi connectivity index (χ4n) is 9.49. The lowest BCUT2D eigenvalue weighted by molar-refractivity contribution is 1.18. The van der Waals surface area contributed by atoms with Crippen molar-refractivity contribution in [2.24, 2.45) is 0 Å². The third kappa shape index (κ3) is 5.50. The highest BCUT2D eigenvalue weighted by molar-refractivity contribution is 6.21. The smallest absolute Gasteiger partial charge is 0.0562 e. The van der Waals surface area contributed by atoms with E-state index in [-0.39, 0.29) is 0 Å². The van der Waals surface area contributed by atoms with E-state index in [1.807, 2.05) is 0 Å². The average molecular weight is 763 g/mol. The van der Waals surface area contributed by atoms with Gasteiger partial charge in [-0.15, -0.1) is 0 Å². The van der Waals surface area contributed by atoms with Crippen LogP contribution in [0.5, 0.6) is 0 Å². The van der Waals surface area contributed by atoms with Crippen molar-refractivity contribution in [2.45, 2.75) is 0 Å². The van der Waals surface area contributed by atoms with Gasteiger partial charge in [-0.3, -0.25) is 0 Å². The lowest BCUT2D eigenvalue weighted by Crippen LogP contribution is -2.15. The first-order valence-corrected chi connectivity index (χ1v) is 20.7. The second-order valence-electron chi connectivity index (χ2n) is 15.7. The molecular formula is C58H38N2. The molecule has 1 aliphatic heterocycles. The van der Waals surface area contributed by atoms with Gasteiger partial charge in [-0.05, 0) is 110 Å². The molecule has 0 amide bonds. The normalized spacial score (nSPS) is 12.0. The Labute approximate surface area is 349 Å². The second-order valence-corrected chi connectivity index (χ2v) is 15.7. The maximum Gasteiger partial charge on any atom is 0.0562 e. The standard InChI is InChI=1S/C58H38N2/c1-5-14-39(15-6-1)42-24-29-46(30-25-42)59-54-35-28-45(41-18-9-3-10-19-41)36-51(54)53-37-52-50-34-33-48(44-20-11-4-12-21-44)49-22-13-23-55(58(49)50)60(56(52)38-57(53)59)47-31-26-43(27-32-47)40-16-7-2-8-17-40/h1-38H. The number of benzene rings is 10. The molecule has 0 radical (unpaired) electrons. The van der Waals surface area contributed by atoms with Gasteiger partial charge in [0.05, 0.1) is 22.4 Å². The van der Waals surface area contributed by atoms with Gasteiger partial charge in [-0.1, -0.05) is 176 Å². The summed E-state index contributed by atoms with van der Waals surface area (Å²) in [6.45, 7) is 0. The lowest BCUT2D eigenvalue weighted by atomic mass is 9.86. The zero-order valence-electron chi connectivity index (χ0n) is 32.8. The van der Waals surface area contributed by atoms with Crippen molar-refractivity contribution in [3.8, 4) is 61.3 Å². The van der Waals surface area contributed by atoms with E-state index in [0.29, 0.717) is 0 Å². The average Bonchev–Trinajstić information content (AvgIpc) is 3.65. The number of nitrogens with zero attached hydrogens (tertiary/aromatic N) is 2. The van der Waals surface area contributed by atoms with Gasteiger partial charge in [0, 0.05) is 33.1 Å². The Hall–Kier alpha value is -7.94. The molecule has 0 saturated heterocycles. The Kier molecular flexibility index (Phi) is 7.89. The van der Waals surface area contributed by atoms with Crippen molar-refractivity contribution in [3.05, 3.63) is 231 Å². The van der Waals surface area contributed by atoms with Gasteiger partial charge in [0.1, 0.15) is 0 Å². The van der Waals surface area contributed by atoms with Crippen molar-refractivity contribution in [1.82, 2.24) is 4.57 Å². The van der Waals surface area contributed by atoms with Crippen molar-refractivity contribution in [1.29, 1.82) is 0 Å². The van der Waals surface area contributed by atoms with Crippen LogP contribution in [0, 0.1) is 0 Å². The summed E-state index contributed by atoms with van der Waals surface area (Å²) < 4.78 is 2.46. The molecule has 1 aliphatic rings. The predicted molar refractivity (Wildman–Crippen MR) is 254 cm³/mol. The molecule has 0 atom stereocenters. The van der Waals surface area contributed by atoms with Crippen LogP contribution in [0.25, 0.3) is 93.9 Å². The molecule has 1 aromatic heterocycles. The minimum Gasteiger partial charge on any atom is -0.309 e. The molecule has 2 heterocycles. The molecular weight excluding hydrogens is 725 g/mol. The van der Waals surface area contributed by atoms with Crippen molar-refractivity contribution >= 4 is 49.6 Å². The molecule has 0 fully saturated rings. The first-order chi connectivity index (χ1) is 29.8. The van der Waals surface area contributed by atoms with E-state index in [1.54, 1.807) is 0 Å². The molecule has 11 aromatic rings. The van der Waals surface area contributed by atoms with Crippen LogP contribution in [-0.2, 0) is 0 Å². The largest absolute Gasteiger partial charge is 0.309 e. The molecule has 280 valence electrons. The Bertz CT molecular complexity index is 3370. The van der Waals surface area contributed by atoms with E-state index in [9.17, 15) is 0 Å². The Morgan fingerprint density at radius 2 is 0.750 bits per heavy atom. The van der Waals surface area contributed by atoms with Gasteiger partial charge < -0.3 is 9.47 Å². The SMILES string of the molecule is c1ccc(-c2ccc(N3c4cc5c(cc4-c4ccc(-c6ccccc6)c6cccc3c46)c3cc(-c4ccccc4)ccc3n5-c3ccc(-c4ccccc4)cc3)cc2)cc1. The van der Waals surface area contributed by atoms with Crippen molar-refractivity contribution < 1.29 is 0 Å². The van der Waals surface area contributed by atoms with Gasteiger partial charge in [0.2, 0.25) is 0 Å². The van der Waals surface area contributed by atoms with E-state index in [1.165, 1.54) is 93.9 Å². The maximum absolute atomic E-state index is 2.49. The van der Waals surface area contributed by atoms with E-state index >= 15 is 0 Å². The molecule has 2 heteroatoms. The molecule has 0 unspecified atom stereocenters. The summed E-state index contributed by atoms with van der Waals surface area (Å²) in [5.41, 5.74) is 19.1. The number of fused-ring (bicyclic) bond motifs is 5. The van der Waals surface area contributed by atoms with E-state index in [4.69, 9.17) is 0 Å². The molecule has 10 aromatic carbocycles. The molecule has 0 spiro atoms. The second kappa shape index (κ2) is 13.9. The van der Waals surface area contributed by atoms with Crippen LogP contribution >= 0.6 is 0 Å². The molecule has 0 bridgehead atoms. The molecule has 2 nitrogen and oxygen atoms in total. The van der Waals surface area contributed by atoms with Crippen LogP contribution in [0.2, 0.25) is 0 Å². The summed E-state index contributed by atoms with van der Waals surface area (Å²) in [6, 6.07) is 84.3. The highest BCUT2D eigenvalue weighted by atomic mass is 15.2. The topological polar surface area (TPSA) is 8.17 Å². The first kappa shape index (κ1) is 34.1. The zero-order chi connectivity index (χ0) is 39.6. The summed E-state index contributed by atoms with van der Waals surface area (Å²) in [6.07, 6.45) is 0. The third-order valence-corrected chi connectivity index (χ3v) is 12.3. The molecule has 0 N–H and O–H groups in total. The predicted octanol–water partition coefficient (Wildman–Crippen LogP) is 16.1. The van der Waals surface area contributed by atoms with Gasteiger partial charge in [0.15, 0.2) is 0 Å². The third-order valence-electron chi connectivity index (χ3n) is 12.3. The van der Waals surface area contributed by atoms with Gasteiger partial charge in [-0.2, -0.15) is 0 Å². The summed E-state index contributed by atoms with van der Waals surface area (Å²) in [7, 11) is 0. The quantitative estimate of drug-likeness (QED) is 0.164. The number of rotatable bonds is 6. The first-order valence-electron chi connectivity index (χ1n) is 20.7. The van der Waals surface area contributed by atoms with Gasteiger partial charge in [0.25, 0.3) is 0 Å². The Morgan fingerprint density at radius 3 is 1.37 bits per heavy atom.